The Kier molecular flexibility index (Phi) is 4.19. The zero-order chi connectivity index (χ0) is 13.7. The fourth-order valence-corrected chi connectivity index (χ4v) is 2.52. The lowest BCUT2D eigenvalue weighted by Crippen LogP contribution is -2.41. The van der Waals surface area contributed by atoms with Crippen LogP contribution in [0.5, 0.6) is 0 Å². The number of rotatable bonds is 6. The van der Waals surface area contributed by atoms with Crippen LogP contribution in [0.4, 0.5) is 0 Å². The van der Waals surface area contributed by atoms with E-state index in [0.717, 1.165) is 12.8 Å². The zero-order valence-electron chi connectivity index (χ0n) is 10.8. The van der Waals surface area contributed by atoms with Gasteiger partial charge in [0.05, 0.1) is 5.41 Å². The van der Waals surface area contributed by atoms with E-state index in [2.05, 4.69) is 10.4 Å². The van der Waals surface area contributed by atoms with Crippen molar-refractivity contribution in [3.8, 4) is 0 Å². The van der Waals surface area contributed by atoms with Crippen LogP contribution in [0.25, 0.3) is 0 Å². The third-order valence-electron chi connectivity index (χ3n) is 3.77. The Hall–Kier alpha value is -1.85. The van der Waals surface area contributed by atoms with E-state index >= 15 is 0 Å². The van der Waals surface area contributed by atoms with Gasteiger partial charge in [-0.15, -0.1) is 0 Å². The van der Waals surface area contributed by atoms with E-state index in [1.807, 2.05) is 0 Å². The van der Waals surface area contributed by atoms with E-state index in [1.165, 1.54) is 0 Å². The fraction of sp³-hybridized carbons (Fsp3) is 0.615. The highest BCUT2D eigenvalue weighted by atomic mass is 16.4. The van der Waals surface area contributed by atoms with Crippen LogP contribution in [-0.4, -0.2) is 33.3 Å². The number of hydrogen-bond acceptors (Lipinski definition) is 3. The SMILES string of the molecule is O=C(CCn1cccn1)NCC1(C(=O)O)CCCC1. The highest BCUT2D eigenvalue weighted by molar-refractivity contribution is 5.79. The molecule has 0 aromatic carbocycles. The van der Waals surface area contributed by atoms with Crippen LogP contribution < -0.4 is 5.32 Å². The van der Waals surface area contributed by atoms with Gasteiger partial charge < -0.3 is 10.4 Å². The summed E-state index contributed by atoms with van der Waals surface area (Å²) in [4.78, 5) is 23.0. The molecule has 1 aliphatic carbocycles. The first-order valence-corrected chi connectivity index (χ1v) is 6.60. The summed E-state index contributed by atoms with van der Waals surface area (Å²) in [7, 11) is 0. The van der Waals surface area contributed by atoms with Crippen molar-refractivity contribution in [3.63, 3.8) is 0 Å². The summed E-state index contributed by atoms with van der Waals surface area (Å²) in [5.74, 6) is -0.916. The molecule has 0 atom stereocenters. The van der Waals surface area contributed by atoms with Gasteiger partial charge in [-0.05, 0) is 18.9 Å². The third-order valence-corrected chi connectivity index (χ3v) is 3.77. The van der Waals surface area contributed by atoms with Crippen LogP contribution in [0.15, 0.2) is 18.5 Å². The van der Waals surface area contributed by atoms with Crippen LogP contribution >= 0.6 is 0 Å². The second-order valence-electron chi connectivity index (χ2n) is 5.09. The number of amides is 1. The molecule has 19 heavy (non-hydrogen) atoms. The van der Waals surface area contributed by atoms with E-state index in [0.29, 0.717) is 25.8 Å². The summed E-state index contributed by atoms with van der Waals surface area (Å²) < 4.78 is 1.68. The average molecular weight is 265 g/mol. The number of carboxylic acid groups (broad SMARTS) is 1. The standard InChI is InChI=1S/C13H19N3O3/c17-11(4-9-16-8-3-7-15-16)14-10-13(12(18)19)5-1-2-6-13/h3,7-8H,1-2,4-6,9-10H2,(H,14,17)(H,18,19). The van der Waals surface area contributed by atoms with Crippen LogP contribution in [0.3, 0.4) is 0 Å². The normalized spacial score (nSPS) is 17.3. The van der Waals surface area contributed by atoms with Gasteiger partial charge in [-0.2, -0.15) is 5.10 Å². The van der Waals surface area contributed by atoms with Crippen LogP contribution in [0.2, 0.25) is 0 Å². The van der Waals surface area contributed by atoms with Gasteiger partial charge in [0.15, 0.2) is 0 Å². The number of carboxylic acids is 1. The topological polar surface area (TPSA) is 84.2 Å². The summed E-state index contributed by atoms with van der Waals surface area (Å²) in [6.07, 6.45) is 6.94. The maximum absolute atomic E-state index is 11.7. The molecule has 0 radical (unpaired) electrons. The van der Waals surface area contributed by atoms with Crippen molar-refractivity contribution in [3.05, 3.63) is 18.5 Å². The third kappa shape index (κ3) is 3.33. The molecule has 1 aromatic rings. The predicted octanol–water partition coefficient (Wildman–Crippen LogP) is 1.03. The van der Waals surface area contributed by atoms with Crippen molar-refractivity contribution in [2.75, 3.05) is 6.54 Å². The highest BCUT2D eigenvalue weighted by Crippen LogP contribution is 2.37. The molecule has 0 spiro atoms. The molecular weight excluding hydrogens is 246 g/mol. The van der Waals surface area contributed by atoms with Gasteiger partial charge in [0.2, 0.25) is 5.91 Å². The molecular formula is C13H19N3O3. The van der Waals surface area contributed by atoms with E-state index in [1.54, 1.807) is 23.1 Å². The number of nitrogens with zero attached hydrogens (tertiary/aromatic N) is 2. The van der Waals surface area contributed by atoms with Crippen LogP contribution in [0, 0.1) is 5.41 Å². The molecule has 2 rings (SSSR count). The lowest BCUT2D eigenvalue weighted by Gasteiger charge is -2.23. The molecule has 0 saturated heterocycles. The summed E-state index contributed by atoms with van der Waals surface area (Å²) >= 11 is 0. The molecule has 2 N–H and O–H groups in total. The Balaban J connectivity index is 1.77. The van der Waals surface area contributed by atoms with Gasteiger partial charge in [-0.25, -0.2) is 0 Å². The predicted molar refractivity (Wildman–Crippen MR) is 68.4 cm³/mol. The van der Waals surface area contributed by atoms with Crippen molar-refractivity contribution < 1.29 is 14.7 Å². The maximum atomic E-state index is 11.7. The lowest BCUT2D eigenvalue weighted by molar-refractivity contribution is -0.148. The van der Waals surface area contributed by atoms with Crippen LogP contribution in [0.1, 0.15) is 32.1 Å². The summed E-state index contributed by atoms with van der Waals surface area (Å²) in [6.45, 7) is 0.749. The molecule has 1 aliphatic rings. The molecule has 0 aliphatic heterocycles. The Morgan fingerprint density at radius 3 is 2.68 bits per heavy atom. The minimum atomic E-state index is -0.794. The molecule has 1 aromatic heterocycles. The zero-order valence-corrected chi connectivity index (χ0v) is 10.8. The summed E-state index contributed by atoms with van der Waals surface area (Å²) in [5.41, 5.74) is -0.749. The minimum absolute atomic E-state index is 0.122. The van der Waals surface area contributed by atoms with Gasteiger partial charge in [0.25, 0.3) is 0 Å². The first kappa shape index (κ1) is 13.6. The first-order chi connectivity index (χ1) is 9.12. The molecule has 6 heteroatoms. The Bertz CT molecular complexity index is 436. The van der Waals surface area contributed by atoms with Crippen molar-refractivity contribution in [2.24, 2.45) is 5.41 Å². The molecule has 0 bridgehead atoms. The molecule has 0 unspecified atom stereocenters. The average Bonchev–Trinajstić information content (AvgIpc) is 3.05. The fourth-order valence-electron chi connectivity index (χ4n) is 2.52. The number of aliphatic carboxylic acids is 1. The maximum Gasteiger partial charge on any atom is 0.311 e. The Labute approximate surface area is 111 Å². The number of aryl methyl sites for hydroxylation is 1. The molecule has 1 fully saturated rings. The van der Waals surface area contributed by atoms with Crippen molar-refractivity contribution in [2.45, 2.75) is 38.6 Å². The van der Waals surface area contributed by atoms with Gasteiger partial charge in [0.1, 0.15) is 0 Å². The quantitative estimate of drug-likeness (QED) is 0.804. The number of hydrogen-bond donors (Lipinski definition) is 2. The number of nitrogens with one attached hydrogen (secondary N) is 1. The number of carbonyl (C=O) groups is 2. The Morgan fingerprint density at radius 2 is 2.11 bits per heavy atom. The van der Waals surface area contributed by atoms with Crippen molar-refractivity contribution >= 4 is 11.9 Å². The molecule has 6 nitrogen and oxygen atoms in total. The van der Waals surface area contributed by atoms with Gasteiger partial charge in [-0.1, -0.05) is 12.8 Å². The van der Waals surface area contributed by atoms with E-state index in [-0.39, 0.29) is 12.5 Å². The second kappa shape index (κ2) is 5.86. The van der Waals surface area contributed by atoms with Gasteiger partial charge in [0, 0.05) is 31.9 Å². The summed E-state index contributed by atoms with van der Waals surface area (Å²) in [5, 5.41) is 16.0. The summed E-state index contributed by atoms with van der Waals surface area (Å²) in [6, 6.07) is 1.80. The smallest absolute Gasteiger partial charge is 0.311 e. The van der Waals surface area contributed by atoms with Crippen LogP contribution in [-0.2, 0) is 16.1 Å². The molecule has 1 heterocycles. The Morgan fingerprint density at radius 1 is 1.37 bits per heavy atom. The highest BCUT2D eigenvalue weighted by Gasteiger charge is 2.41. The van der Waals surface area contributed by atoms with E-state index in [4.69, 9.17) is 0 Å². The number of aromatic nitrogens is 2. The second-order valence-corrected chi connectivity index (χ2v) is 5.09. The van der Waals surface area contributed by atoms with Crippen molar-refractivity contribution in [1.29, 1.82) is 0 Å². The van der Waals surface area contributed by atoms with Gasteiger partial charge >= 0.3 is 5.97 Å². The monoisotopic (exact) mass is 265 g/mol. The largest absolute Gasteiger partial charge is 0.481 e. The molecule has 1 amide bonds. The van der Waals surface area contributed by atoms with Gasteiger partial charge in [-0.3, -0.25) is 14.3 Å². The van der Waals surface area contributed by atoms with Crippen molar-refractivity contribution in [1.82, 2.24) is 15.1 Å². The minimum Gasteiger partial charge on any atom is -0.481 e. The van der Waals surface area contributed by atoms with E-state index in [9.17, 15) is 14.7 Å². The molecule has 104 valence electrons. The first-order valence-electron chi connectivity index (χ1n) is 6.60. The molecule has 1 saturated carbocycles. The number of carbonyl (C=O) groups excluding carboxylic acids is 1. The van der Waals surface area contributed by atoms with E-state index < -0.39 is 11.4 Å². The lowest BCUT2D eigenvalue weighted by atomic mass is 9.86.